The summed E-state index contributed by atoms with van der Waals surface area (Å²) in [6.07, 6.45) is 6.20. The van der Waals surface area contributed by atoms with Crippen LogP contribution in [0, 0.1) is 0 Å². The summed E-state index contributed by atoms with van der Waals surface area (Å²) < 4.78 is 5.17. The smallest absolute Gasteiger partial charge is 0.141 e. The van der Waals surface area contributed by atoms with Gasteiger partial charge in [-0.1, -0.05) is 6.07 Å². The third-order valence-corrected chi connectivity index (χ3v) is 3.88. The molecule has 0 fully saturated rings. The van der Waals surface area contributed by atoms with Crippen molar-refractivity contribution in [2.45, 2.75) is 32.2 Å². The highest BCUT2D eigenvalue weighted by Gasteiger charge is 2.15. The van der Waals surface area contributed by atoms with E-state index in [4.69, 9.17) is 10.5 Å². The maximum Gasteiger partial charge on any atom is 0.141 e. The van der Waals surface area contributed by atoms with Crippen molar-refractivity contribution in [1.82, 2.24) is 9.97 Å². The van der Waals surface area contributed by atoms with Gasteiger partial charge >= 0.3 is 0 Å². The summed E-state index contributed by atoms with van der Waals surface area (Å²) in [7, 11) is 1.62. The van der Waals surface area contributed by atoms with Gasteiger partial charge in [0, 0.05) is 17.8 Å². The number of aryl methyl sites for hydroxylation is 1. The number of nitrogens with two attached hydrogens (primary N) is 1. The average Bonchev–Trinajstić information content (AvgIpc) is 2.53. The molecule has 1 aromatic carbocycles. The van der Waals surface area contributed by atoms with Crippen molar-refractivity contribution >= 4 is 11.5 Å². The van der Waals surface area contributed by atoms with Gasteiger partial charge < -0.3 is 15.8 Å². The van der Waals surface area contributed by atoms with Gasteiger partial charge in [0.15, 0.2) is 0 Å². The normalized spacial score (nSPS) is 13.6. The molecule has 1 aromatic heterocycles. The second-order valence-corrected chi connectivity index (χ2v) is 5.28. The molecule has 0 spiro atoms. The molecule has 21 heavy (non-hydrogen) atoms. The highest BCUT2D eigenvalue weighted by Crippen LogP contribution is 2.26. The van der Waals surface area contributed by atoms with Crippen molar-refractivity contribution in [3.63, 3.8) is 0 Å². The fraction of sp³-hybridized carbons (Fsp3) is 0.375. The van der Waals surface area contributed by atoms with E-state index < -0.39 is 0 Å². The van der Waals surface area contributed by atoms with E-state index in [-0.39, 0.29) is 0 Å². The fourth-order valence-corrected chi connectivity index (χ4v) is 2.75. The van der Waals surface area contributed by atoms with Gasteiger partial charge in [0.25, 0.3) is 0 Å². The number of anilines is 2. The molecule has 3 rings (SSSR count). The van der Waals surface area contributed by atoms with Crippen molar-refractivity contribution in [2.24, 2.45) is 0 Å². The summed E-state index contributed by atoms with van der Waals surface area (Å²) in [5.74, 6) is 1.66. The lowest BCUT2D eigenvalue weighted by Crippen LogP contribution is -2.12. The van der Waals surface area contributed by atoms with Crippen LogP contribution < -0.4 is 15.8 Å². The molecule has 1 heterocycles. The van der Waals surface area contributed by atoms with Gasteiger partial charge in [-0.05, 0) is 43.4 Å². The third-order valence-electron chi connectivity index (χ3n) is 3.88. The van der Waals surface area contributed by atoms with Gasteiger partial charge in [-0.2, -0.15) is 0 Å². The number of benzene rings is 1. The lowest BCUT2D eigenvalue weighted by atomic mass is 9.96. The molecule has 2 aromatic rings. The number of nitrogen functional groups attached to an aromatic ring is 1. The molecule has 0 radical (unpaired) electrons. The van der Waals surface area contributed by atoms with E-state index in [1.54, 1.807) is 13.4 Å². The Morgan fingerprint density at radius 2 is 2.10 bits per heavy atom. The zero-order valence-corrected chi connectivity index (χ0v) is 12.2. The Morgan fingerprint density at radius 3 is 2.90 bits per heavy atom. The molecule has 5 heteroatoms. The predicted molar refractivity (Wildman–Crippen MR) is 83.4 cm³/mol. The van der Waals surface area contributed by atoms with Crippen LogP contribution in [0.1, 0.15) is 29.7 Å². The average molecular weight is 284 g/mol. The second kappa shape index (κ2) is 5.99. The maximum atomic E-state index is 5.93. The monoisotopic (exact) mass is 284 g/mol. The van der Waals surface area contributed by atoms with E-state index in [1.807, 2.05) is 18.2 Å². The second-order valence-electron chi connectivity index (χ2n) is 5.28. The molecule has 0 bridgehead atoms. The van der Waals surface area contributed by atoms with Crippen LogP contribution in [0.3, 0.4) is 0 Å². The van der Waals surface area contributed by atoms with Crippen LogP contribution in [0.2, 0.25) is 0 Å². The summed E-state index contributed by atoms with van der Waals surface area (Å²) in [4.78, 5) is 8.77. The van der Waals surface area contributed by atoms with Gasteiger partial charge in [-0.3, -0.25) is 0 Å². The van der Waals surface area contributed by atoms with Crippen LogP contribution in [0.15, 0.2) is 24.5 Å². The lowest BCUT2D eigenvalue weighted by Gasteiger charge is -2.18. The highest BCUT2D eigenvalue weighted by molar-refractivity contribution is 5.55. The standard InChI is InChI=1S/C16H20N4O/c1-21-15-7-6-11(8-13(15)17)9-18-16-12-4-2-3-5-14(12)19-10-20-16/h6-8,10H,2-5,9,17H2,1H3,(H,18,19,20). The Morgan fingerprint density at radius 1 is 1.24 bits per heavy atom. The van der Waals surface area contributed by atoms with Crippen LogP contribution in [0.5, 0.6) is 5.75 Å². The van der Waals surface area contributed by atoms with Gasteiger partial charge in [0.2, 0.25) is 0 Å². The van der Waals surface area contributed by atoms with Crippen molar-refractivity contribution in [1.29, 1.82) is 0 Å². The first-order valence-corrected chi connectivity index (χ1v) is 7.27. The Bertz CT molecular complexity index is 642. The number of hydrogen-bond acceptors (Lipinski definition) is 5. The first-order valence-electron chi connectivity index (χ1n) is 7.27. The quantitative estimate of drug-likeness (QED) is 0.844. The summed E-state index contributed by atoms with van der Waals surface area (Å²) in [5.41, 5.74) is 10.2. The topological polar surface area (TPSA) is 73.1 Å². The summed E-state index contributed by atoms with van der Waals surface area (Å²) in [5, 5.41) is 3.41. The van der Waals surface area contributed by atoms with Crippen LogP contribution in [-0.4, -0.2) is 17.1 Å². The number of nitrogens with one attached hydrogen (secondary N) is 1. The Balaban J connectivity index is 1.75. The minimum atomic E-state index is 0.654. The molecule has 110 valence electrons. The third kappa shape index (κ3) is 2.91. The van der Waals surface area contributed by atoms with E-state index in [1.165, 1.54) is 24.1 Å². The lowest BCUT2D eigenvalue weighted by molar-refractivity contribution is 0.417. The summed E-state index contributed by atoms with van der Waals surface area (Å²) >= 11 is 0. The number of methoxy groups -OCH3 is 1. The Hall–Kier alpha value is -2.30. The molecule has 3 N–H and O–H groups in total. The molecule has 0 aliphatic heterocycles. The van der Waals surface area contributed by atoms with Crippen molar-refractivity contribution in [2.75, 3.05) is 18.2 Å². The van der Waals surface area contributed by atoms with Crippen LogP contribution in [0.25, 0.3) is 0 Å². The minimum absolute atomic E-state index is 0.654. The predicted octanol–water partition coefficient (Wildman–Crippen LogP) is 2.56. The fourth-order valence-electron chi connectivity index (χ4n) is 2.75. The van der Waals surface area contributed by atoms with Crippen LogP contribution in [0.4, 0.5) is 11.5 Å². The van der Waals surface area contributed by atoms with E-state index in [0.29, 0.717) is 18.0 Å². The van der Waals surface area contributed by atoms with Crippen LogP contribution in [-0.2, 0) is 19.4 Å². The van der Waals surface area contributed by atoms with Gasteiger partial charge in [0.1, 0.15) is 17.9 Å². The van der Waals surface area contributed by atoms with Gasteiger partial charge in [-0.15, -0.1) is 0 Å². The molecule has 0 amide bonds. The first kappa shape index (κ1) is 13.7. The van der Waals surface area contributed by atoms with Crippen molar-refractivity contribution in [3.8, 4) is 5.75 Å². The number of nitrogens with zero attached hydrogens (tertiary/aromatic N) is 2. The molecule has 5 nitrogen and oxygen atoms in total. The Labute approximate surface area is 124 Å². The molecule has 1 aliphatic rings. The minimum Gasteiger partial charge on any atom is -0.495 e. The number of ether oxygens (including phenoxy) is 1. The zero-order chi connectivity index (χ0) is 14.7. The van der Waals surface area contributed by atoms with Crippen molar-refractivity contribution in [3.05, 3.63) is 41.3 Å². The zero-order valence-electron chi connectivity index (χ0n) is 12.2. The van der Waals surface area contributed by atoms with E-state index in [0.717, 1.165) is 24.2 Å². The summed E-state index contributed by atoms with van der Waals surface area (Å²) in [6.45, 7) is 0.692. The van der Waals surface area contributed by atoms with E-state index in [9.17, 15) is 0 Å². The van der Waals surface area contributed by atoms with E-state index in [2.05, 4.69) is 15.3 Å². The van der Waals surface area contributed by atoms with Gasteiger partial charge in [-0.25, -0.2) is 9.97 Å². The molecule has 1 aliphatic carbocycles. The van der Waals surface area contributed by atoms with Gasteiger partial charge in [0.05, 0.1) is 12.8 Å². The SMILES string of the molecule is COc1ccc(CNc2ncnc3c2CCCC3)cc1N. The molecular formula is C16H20N4O. The molecule has 0 saturated carbocycles. The number of aromatic nitrogens is 2. The Kier molecular flexibility index (Phi) is 3.90. The highest BCUT2D eigenvalue weighted by atomic mass is 16.5. The number of rotatable bonds is 4. The van der Waals surface area contributed by atoms with Crippen LogP contribution >= 0.6 is 0 Å². The molecular weight excluding hydrogens is 264 g/mol. The number of fused-ring (bicyclic) bond motifs is 1. The molecule has 0 unspecified atom stereocenters. The molecule has 0 atom stereocenters. The first-order chi connectivity index (χ1) is 10.3. The number of hydrogen-bond donors (Lipinski definition) is 2. The van der Waals surface area contributed by atoms with E-state index >= 15 is 0 Å². The van der Waals surface area contributed by atoms with Crippen molar-refractivity contribution < 1.29 is 4.74 Å². The maximum absolute atomic E-state index is 5.93. The molecule has 0 saturated heterocycles. The summed E-state index contributed by atoms with van der Waals surface area (Å²) in [6, 6.07) is 5.83. The largest absolute Gasteiger partial charge is 0.495 e.